The third kappa shape index (κ3) is 5.74. The number of nitrogens with zero attached hydrogens (tertiary/aromatic N) is 2. The Bertz CT molecular complexity index is 569. The van der Waals surface area contributed by atoms with Crippen molar-refractivity contribution in [1.82, 2.24) is 15.1 Å². The first-order valence-electron chi connectivity index (χ1n) is 9.15. The van der Waals surface area contributed by atoms with Crippen LogP contribution >= 0.6 is 0 Å². The van der Waals surface area contributed by atoms with E-state index < -0.39 is 0 Å². The predicted octanol–water partition coefficient (Wildman–Crippen LogP) is 1.76. The number of carbonyl (C=O) groups excluding carboxylic acids is 2. The fourth-order valence-electron chi connectivity index (χ4n) is 2.87. The molecule has 0 saturated carbocycles. The second-order valence-electron chi connectivity index (χ2n) is 6.20. The number of carbonyl (C=O) groups is 2. The summed E-state index contributed by atoms with van der Waals surface area (Å²) >= 11 is 0. The van der Waals surface area contributed by atoms with Crippen molar-refractivity contribution in [2.24, 2.45) is 0 Å². The molecule has 0 unspecified atom stereocenters. The van der Waals surface area contributed by atoms with Crippen molar-refractivity contribution < 1.29 is 14.3 Å². The topological polar surface area (TPSA) is 61.9 Å². The Morgan fingerprint density at radius 3 is 2.52 bits per heavy atom. The number of hydrogen-bond donors (Lipinski definition) is 1. The normalized spacial score (nSPS) is 15.0. The summed E-state index contributed by atoms with van der Waals surface area (Å²) in [4.78, 5) is 28.6. The van der Waals surface area contributed by atoms with Crippen LogP contribution in [0.2, 0.25) is 0 Å². The molecule has 138 valence electrons. The lowest BCUT2D eigenvalue weighted by atomic mass is 10.1. The zero-order valence-corrected chi connectivity index (χ0v) is 15.3. The molecule has 0 bridgehead atoms. The minimum Gasteiger partial charge on any atom is -0.493 e. The zero-order chi connectivity index (χ0) is 18.1. The fraction of sp³-hybridized carbons (Fsp3) is 0.579. The molecule has 1 aliphatic heterocycles. The molecule has 1 fully saturated rings. The van der Waals surface area contributed by atoms with Crippen molar-refractivity contribution >= 4 is 11.8 Å². The van der Waals surface area contributed by atoms with Gasteiger partial charge in [0, 0.05) is 32.7 Å². The quantitative estimate of drug-likeness (QED) is 0.728. The Balaban J connectivity index is 1.83. The summed E-state index contributed by atoms with van der Waals surface area (Å²) in [5.41, 5.74) is 0.607. The molecule has 1 heterocycles. The van der Waals surface area contributed by atoms with Gasteiger partial charge in [0.15, 0.2) is 0 Å². The summed E-state index contributed by atoms with van der Waals surface area (Å²) in [7, 11) is 0. The fourth-order valence-corrected chi connectivity index (χ4v) is 2.87. The lowest BCUT2D eigenvalue weighted by Gasteiger charge is -2.34. The van der Waals surface area contributed by atoms with Gasteiger partial charge < -0.3 is 15.0 Å². The largest absolute Gasteiger partial charge is 0.493 e. The summed E-state index contributed by atoms with van der Waals surface area (Å²) in [5, 5.41) is 2.93. The molecule has 2 rings (SSSR count). The first kappa shape index (κ1) is 19.2. The molecule has 1 N–H and O–H groups in total. The lowest BCUT2D eigenvalue weighted by Crippen LogP contribution is -2.51. The third-order valence-electron chi connectivity index (χ3n) is 4.30. The Kier molecular flexibility index (Phi) is 7.73. The van der Waals surface area contributed by atoms with Gasteiger partial charge in [-0.3, -0.25) is 14.5 Å². The van der Waals surface area contributed by atoms with E-state index in [1.165, 1.54) is 0 Å². The second kappa shape index (κ2) is 10.0. The van der Waals surface area contributed by atoms with Gasteiger partial charge in [0.1, 0.15) is 5.75 Å². The van der Waals surface area contributed by atoms with Gasteiger partial charge in [-0.15, -0.1) is 0 Å². The second-order valence-corrected chi connectivity index (χ2v) is 6.20. The van der Waals surface area contributed by atoms with Crippen molar-refractivity contribution in [3.63, 3.8) is 0 Å². The molecule has 1 aliphatic rings. The highest BCUT2D eigenvalue weighted by atomic mass is 16.5. The predicted molar refractivity (Wildman–Crippen MR) is 97.9 cm³/mol. The van der Waals surface area contributed by atoms with Crippen LogP contribution in [0.25, 0.3) is 0 Å². The highest BCUT2D eigenvalue weighted by Gasteiger charge is 2.24. The van der Waals surface area contributed by atoms with E-state index in [9.17, 15) is 9.59 Å². The molecule has 0 radical (unpaired) electrons. The summed E-state index contributed by atoms with van der Waals surface area (Å²) in [6.45, 7) is 8.36. The molecule has 6 nitrogen and oxygen atoms in total. The summed E-state index contributed by atoms with van der Waals surface area (Å²) in [6, 6.07) is 7.36. The summed E-state index contributed by atoms with van der Waals surface area (Å²) in [6.07, 6.45) is 2.08. The van der Waals surface area contributed by atoms with E-state index in [1.807, 2.05) is 30.0 Å². The van der Waals surface area contributed by atoms with Crippen LogP contribution in [0, 0.1) is 0 Å². The monoisotopic (exact) mass is 347 g/mol. The number of rotatable bonds is 8. The molecule has 0 aromatic heterocycles. The van der Waals surface area contributed by atoms with Crippen molar-refractivity contribution in [2.75, 3.05) is 45.9 Å². The molecule has 0 atom stereocenters. The Morgan fingerprint density at radius 2 is 1.84 bits per heavy atom. The summed E-state index contributed by atoms with van der Waals surface area (Å²) in [5.74, 6) is 0.693. The minimum atomic E-state index is -0.00361. The number of benzene rings is 1. The van der Waals surface area contributed by atoms with Gasteiger partial charge in [0.2, 0.25) is 5.91 Å². The SMILES string of the molecule is CCCCNC(=O)CN1CCN(C(=O)c2ccccc2OCC)CC1. The average Bonchev–Trinajstić information content (AvgIpc) is 2.63. The highest BCUT2D eigenvalue weighted by molar-refractivity contribution is 5.97. The van der Waals surface area contributed by atoms with Crippen LogP contribution < -0.4 is 10.1 Å². The first-order valence-corrected chi connectivity index (χ1v) is 9.15. The van der Waals surface area contributed by atoms with Crippen LogP contribution in [0.3, 0.4) is 0 Å². The molecule has 2 amide bonds. The molecular weight excluding hydrogens is 318 g/mol. The van der Waals surface area contributed by atoms with Gasteiger partial charge in [0.25, 0.3) is 5.91 Å². The van der Waals surface area contributed by atoms with Crippen molar-refractivity contribution in [1.29, 1.82) is 0 Å². The van der Waals surface area contributed by atoms with Crippen LogP contribution in [0.15, 0.2) is 24.3 Å². The summed E-state index contributed by atoms with van der Waals surface area (Å²) < 4.78 is 5.56. The van der Waals surface area contributed by atoms with Crippen LogP contribution in [0.5, 0.6) is 5.75 Å². The number of piperazine rings is 1. The van der Waals surface area contributed by atoms with E-state index in [2.05, 4.69) is 17.1 Å². The van der Waals surface area contributed by atoms with Crippen molar-refractivity contribution in [2.45, 2.75) is 26.7 Å². The van der Waals surface area contributed by atoms with Gasteiger partial charge in [-0.25, -0.2) is 0 Å². The van der Waals surface area contributed by atoms with Crippen LogP contribution in [0.4, 0.5) is 0 Å². The first-order chi connectivity index (χ1) is 12.2. The van der Waals surface area contributed by atoms with E-state index in [0.29, 0.717) is 50.6 Å². The van der Waals surface area contributed by atoms with Crippen LogP contribution in [-0.2, 0) is 4.79 Å². The lowest BCUT2D eigenvalue weighted by molar-refractivity contribution is -0.122. The molecule has 1 aromatic carbocycles. The molecule has 6 heteroatoms. The van der Waals surface area contributed by atoms with E-state index in [4.69, 9.17) is 4.74 Å². The number of ether oxygens (including phenoxy) is 1. The molecule has 0 aliphatic carbocycles. The van der Waals surface area contributed by atoms with Crippen LogP contribution in [-0.4, -0.2) is 67.5 Å². The molecule has 1 saturated heterocycles. The number of unbranched alkanes of at least 4 members (excludes halogenated alkanes) is 1. The van der Waals surface area contributed by atoms with Gasteiger partial charge >= 0.3 is 0 Å². The number of amides is 2. The van der Waals surface area contributed by atoms with Gasteiger partial charge in [-0.05, 0) is 25.5 Å². The van der Waals surface area contributed by atoms with E-state index in [-0.39, 0.29) is 11.8 Å². The third-order valence-corrected chi connectivity index (χ3v) is 4.30. The maximum absolute atomic E-state index is 12.7. The highest BCUT2D eigenvalue weighted by Crippen LogP contribution is 2.20. The number of hydrogen-bond acceptors (Lipinski definition) is 4. The standard InChI is InChI=1S/C19H29N3O3/c1-3-5-10-20-18(23)15-21-11-13-22(14-12-21)19(24)16-8-6-7-9-17(16)25-4-2/h6-9H,3-5,10-15H2,1-2H3,(H,20,23). The van der Waals surface area contributed by atoms with Crippen molar-refractivity contribution in [3.05, 3.63) is 29.8 Å². The molecule has 1 aromatic rings. The zero-order valence-electron chi connectivity index (χ0n) is 15.3. The molecule has 25 heavy (non-hydrogen) atoms. The van der Waals surface area contributed by atoms with Gasteiger partial charge in [-0.2, -0.15) is 0 Å². The maximum atomic E-state index is 12.7. The van der Waals surface area contributed by atoms with E-state index in [0.717, 1.165) is 19.4 Å². The average molecular weight is 347 g/mol. The minimum absolute atomic E-state index is 0.00361. The Hall–Kier alpha value is -2.08. The van der Waals surface area contributed by atoms with Crippen LogP contribution in [0.1, 0.15) is 37.0 Å². The maximum Gasteiger partial charge on any atom is 0.257 e. The van der Waals surface area contributed by atoms with Gasteiger partial charge in [0.05, 0.1) is 18.7 Å². The number of nitrogens with one attached hydrogen (secondary N) is 1. The number of para-hydroxylation sites is 1. The van der Waals surface area contributed by atoms with E-state index in [1.54, 1.807) is 6.07 Å². The molecular formula is C19H29N3O3. The smallest absolute Gasteiger partial charge is 0.257 e. The molecule has 0 spiro atoms. The van der Waals surface area contributed by atoms with Gasteiger partial charge in [-0.1, -0.05) is 25.5 Å². The van der Waals surface area contributed by atoms with E-state index >= 15 is 0 Å². The van der Waals surface area contributed by atoms with Crippen molar-refractivity contribution in [3.8, 4) is 5.75 Å². The Morgan fingerprint density at radius 1 is 1.12 bits per heavy atom. The Labute approximate surface area is 150 Å².